The molecule has 0 unspecified atom stereocenters. The first-order valence-corrected chi connectivity index (χ1v) is 4.52. The fraction of sp³-hybridized carbons (Fsp3) is 0.500. The van der Waals surface area contributed by atoms with E-state index in [1.54, 1.807) is 6.20 Å². The molecule has 0 heterocycles. The quantitative estimate of drug-likeness (QED) is 0.519. The van der Waals surface area contributed by atoms with Crippen molar-refractivity contribution in [3.63, 3.8) is 0 Å². The van der Waals surface area contributed by atoms with Gasteiger partial charge in [-0.25, -0.2) is 13.8 Å². The summed E-state index contributed by atoms with van der Waals surface area (Å²) in [5.74, 6) is -2.65. The van der Waals surface area contributed by atoms with E-state index >= 15 is 0 Å². The van der Waals surface area contributed by atoms with Gasteiger partial charge in [0.2, 0.25) is 5.92 Å². The Morgan fingerprint density at radius 3 is 2.64 bits per heavy atom. The molecular weight excluding hydrogens is 186 g/mol. The Hall–Kier alpha value is -1.19. The highest BCUT2D eigenvalue weighted by atomic mass is 19.3. The molecule has 0 radical (unpaired) electrons. The van der Waals surface area contributed by atoms with Crippen molar-refractivity contribution in [2.75, 3.05) is 0 Å². The highest BCUT2D eigenvalue weighted by molar-refractivity contribution is 5.56. The van der Waals surface area contributed by atoms with Crippen molar-refractivity contribution in [2.45, 2.75) is 32.6 Å². The number of alkyl halides is 2. The lowest BCUT2D eigenvalue weighted by Gasteiger charge is -2.03. The van der Waals surface area contributed by atoms with Gasteiger partial charge in [0.25, 0.3) is 0 Å². The summed E-state index contributed by atoms with van der Waals surface area (Å²) in [7, 11) is 0. The Bertz CT molecular complexity index is 215. The van der Waals surface area contributed by atoms with Crippen LogP contribution in [-0.2, 0) is 0 Å². The summed E-state index contributed by atoms with van der Waals surface area (Å²) in [6.45, 7) is 2.89. The lowest BCUT2D eigenvalue weighted by molar-refractivity contribution is 0.0254. The average molecular weight is 202 g/mol. The Labute approximate surface area is 83.4 Å². The summed E-state index contributed by atoms with van der Waals surface area (Å²) in [4.78, 5) is 3.74. The highest BCUT2D eigenvalue weighted by Gasteiger charge is 2.17. The van der Waals surface area contributed by atoms with E-state index in [-0.39, 0.29) is 6.42 Å². The maximum atomic E-state index is 12.3. The molecule has 0 spiro atoms. The minimum atomic E-state index is -2.65. The molecule has 0 aromatic carbocycles. The molecule has 0 atom stereocenters. The van der Waals surface area contributed by atoms with Crippen LogP contribution in [0.3, 0.4) is 0 Å². The van der Waals surface area contributed by atoms with E-state index in [9.17, 15) is 8.78 Å². The maximum absolute atomic E-state index is 12.3. The average Bonchev–Trinajstić information content (AvgIpc) is 2.08. The van der Waals surface area contributed by atoms with Crippen molar-refractivity contribution in [2.24, 2.45) is 4.99 Å². The third kappa shape index (κ3) is 10.8. The number of halogens is 2. The Balaban J connectivity index is 3.56. The lowest BCUT2D eigenvalue weighted by atomic mass is 10.3. The topological polar surface area (TPSA) is 24.4 Å². The first-order valence-electron chi connectivity index (χ1n) is 4.52. The molecule has 0 aliphatic carbocycles. The van der Waals surface area contributed by atoms with Crippen LogP contribution in [0, 0.1) is 0 Å². The Morgan fingerprint density at radius 1 is 1.36 bits per heavy atom. The van der Waals surface area contributed by atoms with Crippen molar-refractivity contribution in [3.8, 4) is 0 Å². The largest absolute Gasteiger partial charge is 0.353 e. The minimum absolute atomic E-state index is 0.283. The lowest BCUT2D eigenvalue weighted by Crippen LogP contribution is -2.06. The molecule has 0 fully saturated rings. The van der Waals surface area contributed by atoms with Gasteiger partial charge in [0.05, 0.1) is 6.34 Å². The number of allylic oxidation sites excluding steroid dienone is 2. The number of nitrogens with zero attached hydrogens (tertiary/aromatic N) is 1. The fourth-order valence-electron chi connectivity index (χ4n) is 0.635. The van der Waals surface area contributed by atoms with Crippen LogP contribution < -0.4 is 5.32 Å². The van der Waals surface area contributed by atoms with E-state index in [4.69, 9.17) is 0 Å². The van der Waals surface area contributed by atoms with Gasteiger partial charge in [-0.1, -0.05) is 19.1 Å². The van der Waals surface area contributed by atoms with E-state index in [1.165, 1.54) is 18.6 Å². The SMILES string of the molecule is CC/C=C/NC=N/C=C/CC(C)(F)F. The summed E-state index contributed by atoms with van der Waals surface area (Å²) < 4.78 is 24.5. The summed E-state index contributed by atoms with van der Waals surface area (Å²) in [6.07, 6.45) is 8.46. The normalized spacial score (nSPS) is 13.4. The molecule has 0 aliphatic heterocycles. The highest BCUT2D eigenvalue weighted by Crippen LogP contribution is 2.16. The van der Waals surface area contributed by atoms with E-state index in [0.29, 0.717) is 0 Å². The minimum Gasteiger partial charge on any atom is -0.353 e. The van der Waals surface area contributed by atoms with Crippen LogP contribution in [-0.4, -0.2) is 12.3 Å². The van der Waals surface area contributed by atoms with Gasteiger partial charge in [-0.2, -0.15) is 0 Å². The van der Waals surface area contributed by atoms with E-state index < -0.39 is 5.92 Å². The number of hydrogen-bond acceptors (Lipinski definition) is 1. The van der Waals surface area contributed by atoms with Gasteiger partial charge in [0.1, 0.15) is 0 Å². The molecule has 0 amide bonds. The zero-order valence-corrected chi connectivity index (χ0v) is 8.50. The zero-order chi connectivity index (χ0) is 10.9. The molecule has 0 aromatic rings. The van der Waals surface area contributed by atoms with Gasteiger partial charge >= 0.3 is 0 Å². The molecule has 80 valence electrons. The predicted octanol–water partition coefficient (Wildman–Crippen LogP) is 3.09. The summed E-state index contributed by atoms with van der Waals surface area (Å²) in [6, 6.07) is 0. The van der Waals surface area contributed by atoms with Gasteiger partial charge in [0, 0.05) is 12.6 Å². The first kappa shape index (κ1) is 12.8. The first-order chi connectivity index (χ1) is 6.56. The Morgan fingerprint density at radius 2 is 2.07 bits per heavy atom. The van der Waals surface area contributed by atoms with Crippen LogP contribution in [0.15, 0.2) is 29.5 Å². The van der Waals surface area contributed by atoms with Gasteiger partial charge in [-0.05, 0) is 19.5 Å². The van der Waals surface area contributed by atoms with Gasteiger partial charge in [0.15, 0.2) is 0 Å². The van der Waals surface area contributed by atoms with E-state index in [1.807, 2.05) is 13.0 Å². The molecule has 0 aromatic heterocycles. The van der Waals surface area contributed by atoms with Crippen LogP contribution in [0.4, 0.5) is 8.78 Å². The van der Waals surface area contributed by atoms with Gasteiger partial charge in [-0.15, -0.1) is 0 Å². The number of hydrogen-bond donors (Lipinski definition) is 1. The second-order valence-corrected chi connectivity index (χ2v) is 2.91. The standard InChI is InChI=1S/C10H16F2N2/c1-3-4-7-13-9-14-8-5-6-10(2,11)12/h4-5,7-9H,3,6H2,1-2H3,(H,13,14)/b7-4+,8-5+. The molecule has 0 saturated heterocycles. The van der Waals surface area contributed by atoms with Gasteiger partial charge in [-0.3, -0.25) is 0 Å². The van der Waals surface area contributed by atoms with E-state index in [2.05, 4.69) is 10.3 Å². The molecule has 0 rings (SSSR count). The predicted molar refractivity (Wildman–Crippen MR) is 55.4 cm³/mol. The molecule has 0 aliphatic rings. The molecule has 2 nitrogen and oxygen atoms in total. The molecule has 4 heteroatoms. The van der Waals surface area contributed by atoms with Crippen molar-refractivity contribution >= 4 is 6.34 Å². The smallest absolute Gasteiger partial charge is 0.248 e. The second-order valence-electron chi connectivity index (χ2n) is 2.91. The second kappa shape index (κ2) is 7.24. The van der Waals surface area contributed by atoms with Crippen molar-refractivity contribution in [3.05, 3.63) is 24.6 Å². The zero-order valence-electron chi connectivity index (χ0n) is 8.50. The molecule has 0 saturated carbocycles. The summed E-state index contributed by atoms with van der Waals surface area (Å²) >= 11 is 0. The summed E-state index contributed by atoms with van der Waals surface area (Å²) in [5.41, 5.74) is 0. The van der Waals surface area contributed by atoms with Crippen molar-refractivity contribution < 1.29 is 8.78 Å². The van der Waals surface area contributed by atoms with Crippen LogP contribution in [0.2, 0.25) is 0 Å². The number of aliphatic imine (C=N–C) groups is 1. The third-order valence-corrected chi connectivity index (χ3v) is 1.27. The summed E-state index contributed by atoms with van der Waals surface area (Å²) in [5, 5.41) is 2.77. The number of rotatable bonds is 6. The van der Waals surface area contributed by atoms with Gasteiger partial charge < -0.3 is 5.32 Å². The fourth-order valence-corrected chi connectivity index (χ4v) is 0.635. The molecular formula is C10H16F2N2. The van der Waals surface area contributed by atoms with E-state index in [0.717, 1.165) is 13.3 Å². The molecule has 14 heavy (non-hydrogen) atoms. The van der Waals surface area contributed by atoms with Crippen LogP contribution in [0.1, 0.15) is 26.7 Å². The Kier molecular flexibility index (Phi) is 6.62. The van der Waals surface area contributed by atoms with Crippen molar-refractivity contribution in [1.82, 2.24) is 5.32 Å². The number of nitrogens with one attached hydrogen (secondary N) is 1. The van der Waals surface area contributed by atoms with Crippen LogP contribution >= 0.6 is 0 Å². The van der Waals surface area contributed by atoms with Crippen LogP contribution in [0.25, 0.3) is 0 Å². The third-order valence-electron chi connectivity index (χ3n) is 1.27. The van der Waals surface area contributed by atoms with Crippen LogP contribution in [0.5, 0.6) is 0 Å². The molecule has 1 N–H and O–H groups in total. The maximum Gasteiger partial charge on any atom is 0.248 e. The van der Waals surface area contributed by atoms with Crippen molar-refractivity contribution in [1.29, 1.82) is 0 Å². The monoisotopic (exact) mass is 202 g/mol. The molecule has 0 bridgehead atoms.